The van der Waals surface area contributed by atoms with Gasteiger partial charge in [0.15, 0.2) is 0 Å². The molecule has 3 aromatic carbocycles. The highest BCUT2D eigenvalue weighted by molar-refractivity contribution is 7.25. The highest BCUT2D eigenvalue weighted by Gasteiger charge is 2.41. The van der Waals surface area contributed by atoms with Crippen LogP contribution in [0, 0.1) is 0 Å². The van der Waals surface area contributed by atoms with Crippen molar-refractivity contribution >= 4 is 42.4 Å². The summed E-state index contributed by atoms with van der Waals surface area (Å²) >= 11 is 1.87. The lowest BCUT2D eigenvalue weighted by Crippen LogP contribution is -2.19. The van der Waals surface area contributed by atoms with E-state index in [1.807, 2.05) is 17.5 Å². The largest absolute Gasteiger partial charge is 0.312 e. The van der Waals surface area contributed by atoms with Gasteiger partial charge >= 0.3 is 0 Å². The van der Waals surface area contributed by atoms with Crippen molar-refractivity contribution < 1.29 is 0 Å². The van der Waals surface area contributed by atoms with Crippen LogP contribution >= 0.6 is 11.3 Å². The molecule has 0 spiro atoms. The Balaban J connectivity index is 1.62. The number of aromatic nitrogens is 2. The number of thiophene rings is 1. The van der Waals surface area contributed by atoms with Gasteiger partial charge in [-0.3, -0.25) is 4.98 Å². The van der Waals surface area contributed by atoms with Crippen LogP contribution in [0.2, 0.25) is 0 Å². The van der Waals surface area contributed by atoms with Gasteiger partial charge in [0, 0.05) is 54.1 Å². The van der Waals surface area contributed by atoms with Crippen LogP contribution in [0.25, 0.3) is 48.0 Å². The number of fused-ring (bicyclic) bond motifs is 8. The van der Waals surface area contributed by atoms with E-state index in [4.69, 9.17) is 4.98 Å². The minimum absolute atomic E-state index is 0.121. The van der Waals surface area contributed by atoms with Crippen molar-refractivity contribution in [3.8, 4) is 16.9 Å². The Kier molecular flexibility index (Phi) is 3.25. The van der Waals surface area contributed by atoms with Crippen molar-refractivity contribution in [3.63, 3.8) is 0 Å². The normalized spacial score (nSPS) is 14.4. The van der Waals surface area contributed by atoms with Crippen molar-refractivity contribution in [3.05, 3.63) is 96.3 Å². The third-order valence-electron chi connectivity index (χ3n) is 6.80. The van der Waals surface area contributed by atoms with E-state index in [0.717, 1.165) is 5.69 Å². The first-order chi connectivity index (χ1) is 15.1. The predicted molar refractivity (Wildman–Crippen MR) is 132 cm³/mol. The number of rotatable bonds is 1. The molecule has 0 saturated carbocycles. The highest BCUT2D eigenvalue weighted by Crippen LogP contribution is 2.52. The maximum atomic E-state index is 4.82. The Morgan fingerprint density at radius 3 is 2.45 bits per heavy atom. The number of pyridine rings is 1. The van der Waals surface area contributed by atoms with E-state index in [-0.39, 0.29) is 5.41 Å². The molecule has 0 fully saturated rings. The second-order valence-electron chi connectivity index (χ2n) is 8.88. The number of benzene rings is 3. The zero-order valence-electron chi connectivity index (χ0n) is 17.4. The Bertz CT molecular complexity index is 1670. The summed E-state index contributed by atoms with van der Waals surface area (Å²) < 4.78 is 5.15. The molecule has 3 heteroatoms. The van der Waals surface area contributed by atoms with Crippen LogP contribution in [0.3, 0.4) is 0 Å². The molecule has 0 bridgehead atoms. The molecule has 3 aromatic heterocycles. The fourth-order valence-corrected chi connectivity index (χ4v) is 6.52. The van der Waals surface area contributed by atoms with E-state index >= 15 is 0 Å². The van der Waals surface area contributed by atoms with Gasteiger partial charge in [-0.05, 0) is 42.0 Å². The molecule has 0 amide bonds. The van der Waals surface area contributed by atoms with Crippen LogP contribution in [0.15, 0.2) is 85.1 Å². The molecule has 6 aromatic rings. The summed E-state index contributed by atoms with van der Waals surface area (Å²) in [5, 5.41) is 3.94. The van der Waals surface area contributed by atoms with Crippen molar-refractivity contribution in [1.82, 2.24) is 9.55 Å². The molecule has 1 aliphatic rings. The highest BCUT2D eigenvalue weighted by atomic mass is 32.1. The van der Waals surface area contributed by atoms with Gasteiger partial charge in [-0.2, -0.15) is 0 Å². The Hall–Kier alpha value is -3.43. The van der Waals surface area contributed by atoms with Gasteiger partial charge in [-0.15, -0.1) is 11.3 Å². The molecule has 31 heavy (non-hydrogen) atoms. The lowest BCUT2D eigenvalue weighted by atomic mass is 9.86. The fraction of sp³-hybridized carbons (Fsp3) is 0.107. The first kappa shape index (κ1) is 17.3. The lowest BCUT2D eigenvalue weighted by molar-refractivity contribution is 0.623. The fourth-order valence-electron chi connectivity index (χ4n) is 5.43. The Labute approximate surface area is 184 Å². The monoisotopic (exact) mass is 416 g/mol. The van der Waals surface area contributed by atoms with E-state index in [1.165, 1.54) is 53.6 Å². The minimum Gasteiger partial charge on any atom is -0.312 e. The molecule has 0 radical (unpaired) electrons. The molecule has 0 saturated heterocycles. The predicted octanol–water partition coefficient (Wildman–Crippen LogP) is 7.70. The molecule has 0 aliphatic heterocycles. The number of para-hydroxylation sites is 1. The topological polar surface area (TPSA) is 17.8 Å². The van der Waals surface area contributed by atoms with Crippen LogP contribution in [-0.4, -0.2) is 9.55 Å². The van der Waals surface area contributed by atoms with E-state index in [2.05, 4.69) is 97.3 Å². The summed E-state index contributed by atoms with van der Waals surface area (Å²) in [5.74, 6) is 0. The summed E-state index contributed by atoms with van der Waals surface area (Å²) in [7, 11) is 0. The van der Waals surface area contributed by atoms with Crippen molar-refractivity contribution in [2.24, 2.45) is 0 Å². The molecular weight excluding hydrogens is 396 g/mol. The van der Waals surface area contributed by atoms with Crippen LogP contribution in [0.5, 0.6) is 0 Å². The quantitative estimate of drug-likeness (QED) is 0.268. The molecule has 0 unspecified atom stereocenters. The minimum atomic E-state index is -0.121. The molecule has 0 atom stereocenters. The molecule has 7 rings (SSSR count). The molecule has 148 valence electrons. The van der Waals surface area contributed by atoms with Crippen molar-refractivity contribution in [2.45, 2.75) is 19.3 Å². The summed E-state index contributed by atoms with van der Waals surface area (Å²) in [6.07, 6.45) is 1.92. The summed E-state index contributed by atoms with van der Waals surface area (Å²) in [6.45, 7) is 4.65. The van der Waals surface area contributed by atoms with E-state index in [1.54, 1.807) is 0 Å². The van der Waals surface area contributed by atoms with Gasteiger partial charge < -0.3 is 4.57 Å². The second kappa shape index (κ2) is 5.83. The first-order valence-electron chi connectivity index (χ1n) is 10.7. The summed E-state index contributed by atoms with van der Waals surface area (Å²) in [4.78, 5) is 4.82. The number of hydrogen-bond acceptors (Lipinski definition) is 2. The SMILES string of the molecule is CC1(C)c2cccnc2-c2c1n(-c1ccc3sc4ccccc4c3c1)c1ccccc21. The van der Waals surface area contributed by atoms with Crippen LogP contribution in [-0.2, 0) is 5.41 Å². The summed E-state index contributed by atoms with van der Waals surface area (Å²) in [5.41, 5.74) is 7.39. The molecule has 1 aliphatic carbocycles. The zero-order valence-corrected chi connectivity index (χ0v) is 18.2. The van der Waals surface area contributed by atoms with Crippen LogP contribution in [0.1, 0.15) is 25.1 Å². The molecular formula is C28H20N2S. The average molecular weight is 417 g/mol. The first-order valence-corrected chi connectivity index (χ1v) is 11.5. The Morgan fingerprint density at radius 2 is 1.55 bits per heavy atom. The van der Waals surface area contributed by atoms with Crippen LogP contribution in [0.4, 0.5) is 0 Å². The van der Waals surface area contributed by atoms with Gasteiger partial charge in [-0.25, -0.2) is 0 Å². The molecule has 2 nitrogen and oxygen atoms in total. The molecule has 3 heterocycles. The summed E-state index contributed by atoms with van der Waals surface area (Å²) in [6, 6.07) is 28.7. The number of hydrogen-bond donors (Lipinski definition) is 0. The smallest absolute Gasteiger partial charge is 0.0768 e. The second-order valence-corrected chi connectivity index (χ2v) is 9.96. The van der Waals surface area contributed by atoms with E-state index in [9.17, 15) is 0 Å². The van der Waals surface area contributed by atoms with Gasteiger partial charge in [-0.1, -0.05) is 56.3 Å². The van der Waals surface area contributed by atoms with Gasteiger partial charge in [0.25, 0.3) is 0 Å². The number of nitrogens with zero attached hydrogens (tertiary/aromatic N) is 2. The standard InChI is InChI=1S/C28H20N2S/c1-28(2)21-10-7-15-29-26(21)25-19-9-3-5-11-22(19)30(27(25)28)17-13-14-24-20(16-17)18-8-4-6-12-23(18)31-24/h3-16H,1-2H3. The van der Waals surface area contributed by atoms with Crippen molar-refractivity contribution in [1.29, 1.82) is 0 Å². The van der Waals surface area contributed by atoms with Crippen molar-refractivity contribution in [2.75, 3.05) is 0 Å². The van der Waals surface area contributed by atoms with Gasteiger partial charge in [0.2, 0.25) is 0 Å². The average Bonchev–Trinajstić information content (AvgIpc) is 3.41. The zero-order chi connectivity index (χ0) is 20.7. The Morgan fingerprint density at radius 1 is 0.774 bits per heavy atom. The lowest BCUT2D eigenvalue weighted by Gasteiger charge is -2.24. The van der Waals surface area contributed by atoms with Crippen LogP contribution < -0.4 is 0 Å². The van der Waals surface area contributed by atoms with Gasteiger partial charge in [0.05, 0.1) is 11.2 Å². The van der Waals surface area contributed by atoms with E-state index < -0.39 is 0 Å². The third kappa shape index (κ3) is 2.14. The third-order valence-corrected chi connectivity index (χ3v) is 7.95. The molecule has 0 N–H and O–H groups in total. The van der Waals surface area contributed by atoms with Gasteiger partial charge in [0.1, 0.15) is 0 Å². The maximum absolute atomic E-state index is 4.82. The van der Waals surface area contributed by atoms with E-state index in [0.29, 0.717) is 0 Å². The maximum Gasteiger partial charge on any atom is 0.0768 e.